The molecule has 1 amide bonds. The summed E-state index contributed by atoms with van der Waals surface area (Å²) in [4.78, 5) is 32.3. The minimum Gasteiger partial charge on any atom is -0.503 e. The third kappa shape index (κ3) is 3.83. The van der Waals surface area contributed by atoms with Crippen LogP contribution in [-0.2, 0) is 11.3 Å². The van der Waals surface area contributed by atoms with Crippen LogP contribution in [0.3, 0.4) is 0 Å². The molecule has 2 aromatic carbocycles. The summed E-state index contributed by atoms with van der Waals surface area (Å²) in [7, 11) is 1.55. The van der Waals surface area contributed by atoms with Crippen molar-refractivity contribution in [3.8, 4) is 5.75 Å². The number of nitrogens with zero attached hydrogens (tertiary/aromatic N) is 3. The van der Waals surface area contributed by atoms with Gasteiger partial charge in [0, 0.05) is 30.9 Å². The standard InChI is InChI=1S/C26H23N3O5/c1-33-19-8-4-7-18(14-19)23-22(24(30)21-15-17-6-2-3-9-20(17)34-21)25(31)26(32)29(23)12-5-11-28-13-10-27-16-28/h2-4,6-10,13-16,23,31H,5,11-12H2,1H3/t23-/m1/s1. The smallest absolute Gasteiger partial charge is 0.290 e. The molecule has 1 N–H and O–H groups in total. The number of imidazole rings is 1. The second kappa shape index (κ2) is 8.90. The molecule has 0 saturated heterocycles. The van der Waals surface area contributed by atoms with Gasteiger partial charge in [0.05, 0.1) is 25.1 Å². The summed E-state index contributed by atoms with van der Waals surface area (Å²) < 4.78 is 13.0. The molecule has 0 aliphatic carbocycles. The molecular weight excluding hydrogens is 434 g/mol. The summed E-state index contributed by atoms with van der Waals surface area (Å²) in [6, 6.07) is 15.3. The first-order valence-electron chi connectivity index (χ1n) is 10.9. The number of ether oxygens (including phenoxy) is 1. The fourth-order valence-corrected chi connectivity index (χ4v) is 4.34. The summed E-state index contributed by atoms with van der Waals surface area (Å²) >= 11 is 0. The number of aliphatic hydroxyl groups excluding tert-OH is 1. The quantitative estimate of drug-likeness (QED) is 0.396. The molecule has 1 aliphatic heterocycles. The molecule has 5 rings (SSSR count). The first-order valence-corrected chi connectivity index (χ1v) is 10.9. The van der Waals surface area contributed by atoms with Gasteiger partial charge in [-0.2, -0.15) is 0 Å². The molecule has 1 aliphatic rings. The van der Waals surface area contributed by atoms with Gasteiger partial charge in [-0.15, -0.1) is 0 Å². The highest BCUT2D eigenvalue weighted by Crippen LogP contribution is 2.40. The van der Waals surface area contributed by atoms with Crippen molar-refractivity contribution in [3.63, 3.8) is 0 Å². The Labute approximate surface area is 195 Å². The summed E-state index contributed by atoms with van der Waals surface area (Å²) in [5.74, 6) is -1.00. The van der Waals surface area contributed by atoms with Gasteiger partial charge >= 0.3 is 0 Å². The van der Waals surface area contributed by atoms with E-state index in [1.165, 1.54) is 4.90 Å². The molecule has 0 radical (unpaired) electrons. The van der Waals surface area contributed by atoms with Crippen molar-refractivity contribution in [2.75, 3.05) is 13.7 Å². The summed E-state index contributed by atoms with van der Waals surface area (Å²) in [5.41, 5.74) is 1.23. The molecule has 172 valence electrons. The number of fused-ring (bicyclic) bond motifs is 1. The van der Waals surface area contributed by atoms with Crippen LogP contribution in [0.15, 0.2) is 89.1 Å². The third-order valence-electron chi connectivity index (χ3n) is 5.98. The van der Waals surface area contributed by atoms with Crippen LogP contribution in [-0.4, -0.2) is 44.9 Å². The predicted octanol–water partition coefficient (Wildman–Crippen LogP) is 4.31. The van der Waals surface area contributed by atoms with Crippen molar-refractivity contribution in [1.29, 1.82) is 0 Å². The number of aryl methyl sites for hydroxylation is 1. The lowest BCUT2D eigenvalue weighted by atomic mass is 9.94. The number of para-hydroxylation sites is 1. The monoisotopic (exact) mass is 457 g/mol. The number of rotatable bonds is 8. The number of aromatic nitrogens is 2. The molecule has 8 heteroatoms. The Kier molecular flexibility index (Phi) is 5.63. The van der Waals surface area contributed by atoms with Crippen molar-refractivity contribution in [3.05, 3.63) is 96.0 Å². The van der Waals surface area contributed by atoms with Crippen molar-refractivity contribution < 1.29 is 23.8 Å². The molecule has 1 atom stereocenters. The van der Waals surface area contributed by atoms with Crippen LogP contribution in [0.1, 0.15) is 28.6 Å². The Morgan fingerprint density at radius 2 is 2.00 bits per heavy atom. The van der Waals surface area contributed by atoms with Crippen molar-refractivity contribution in [2.24, 2.45) is 0 Å². The summed E-state index contributed by atoms with van der Waals surface area (Å²) in [6.45, 7) is 0.974. The molecule has 34 heavy (non-hydrogen) atoms. The van der Waals surface area contributed by atoms with Gasteiger partial charge in [0.2, 0.25) is 5.78 Å². The van der Waals surface area contributed by atoms with Crippen LogP contribution in [0.2, 0.25) is 0 Å². The molecule has 2 aromatic heterocycles. The Hall–Kier alpha value is -4.33. The number of furan rings is 1. The van der Waals surface area contributed by atoms with Gasteiger partial charge < -0.3 is 23.7 Å². The average Bonchev–Trinajstić information content (AvgIpc) is 3.59. The normalized spacial score (nSPS) is 16.0. The molecule has 0 unspecified atom stereocenters. The maximum absolute atomic E-state index is 13.6. The molecule has 0 bridgehead atoms. The van der Waals surface area contributed by atoms with Crippen molar-refractivity contribution in [1.82, 2.24) is 14.5 Å². The van der Waals surface area contributed by atoms with Crippen LogP contribution in [0.4, 0.5) is 0 Å². The highest BCUT2D eigenvalue weighted by molar-refractivity contribution is 6.16. The molecule has 0 saturated carbocycles. The highest BCUT2D eigenvalue weighted by atomic mass is 16.5. The van der Waals surface area contributed by atoms with E-state index in [0.717, 1.165) is 5.39 Å². The lowest BCUT2D eigenvalue weighted by Gasteiger charge is -2.27. The zero-order chi connectivity index (χ0) is 23.7. The van der Waals surface area contributed by atoms with E-state index in [9.17, 15) is 14.7 Å². The maximum Gasteiger partial charge on any atom is 0.290 e. The van der Waals surface area contributed by atoms with E-state index in [2.05, 4.69) is 4.98 Å². The molecule has 0 fully saturated rings. The van der Waals surface area contributed by atoms with Crippen LogP contribution < -0.4 is 4.74 Å². The molecular formula is C26H23N3O5. The van der Waals surface area contributed by atoms with Crippen molar-refractivity contribution >= 4 is 22.7 Å². The second-order valence-electron chi connectivity index (χ2n) is 8.07. The minimum atomic E-state index is -0.772. The van der Waals surface area contributed by atoms with E-state index in [4.69, 9.17) is 9.15 Å². The molecule has 0 spiro atoms. The zero-order valence-electron chi connectivity index (χ0n) is 18.5. The Morgan fingerprint density at radius 1 is 1.15 bits per heavy atom. The van der Waals surface area contributed by atoms with E-state index in [1.54, 1.807) is 50.0 Å². The summed E-state index contributed by atoms with van der Waals surface area (Å²) in [5, 5.41) is 11.6. The number of carbonyl (C=O) groups is 2. The lowest BCUT2D eigenvalue weighted by molar-refractivity contribution is -0.129. The van der Waals surface area contributed by atoms with Crippen LogP contribution in [0, 0.1) is 0 Å². The first kappa shape index (κ1) is 21.5. The topological polar surface area (TPSA) is 97.8 Å². The number of aliphatic hydroxyl groups is 1. The molecule has 8 nitrogen and oxygen atoms in total. The zero-order valence-corrected chi connectivity index (χ0v) is 18.5. The van der Waals surface area contributed by atoms with Crippen LogP contribution in [0.5, 0.6) is 5.75 Å². The maximum atomic E-state index is 13.6. The van der Waals surface area contributed by atoms with E-state index in [0.29, 0.717) is 36.4 Å². The van der Waals surface area contributed by atoms with Gasteiger partial charge in [-0.25, -0.2) is 4.98 Å². The number of Topliss-reactive ketones (excluding diaryl/α,β-unsaturated/α-hetero) is 1. The number of hydrogen-bond acceptors (Lipinski definition) is 6. The number of hydrogen-bond donors (Lipinski definition) is 1. The number of benzene rings is 2. The number of ketones is 1. The summed E-state index contributed by atoms with van der Waals surface area (Å²) in [6.07, 6.45) is 5.86. The van der Waals surface area contributed by atoms with Crippen LogP contribution >= 0.6 is 0 Å². The van der Waals surface area contributed by atoms with E-state index < -0.39 is 23.5 Å². The third-order valence-corrected chi connectivity index (χ3v) is 5.98. The minimum absolute atomic E-state index is 0.0000555. The number of carbonyl (C=O) groups excluding carboxylic acids is 2. The first-order chi connectivity index (χ1) is 16.6. The second-order valence-corrected chi connectivity index (χ2v) is 8.07. The van der Waals surface area contributed by atoms with E-state index in [-0.39, 0.29) is 11.3 Å². The van der Waals surface area contributed by atoms with Crippen molar-refractivity contribution in [2.45, 2.75) is 19.0 Å². The lowest BCUT2D eigenvalue weighted by Crippen LogP contribution is -2.32. The van der Waals surface area contributed by atoms with Gasteiger partial charge in [0.1, 0.15) is 11.3 Å². The SMILES string of the molecule is COc1cccc([C@@H]2C(C(=O)c3cc4ccccc4o3)=C(O)C(=O)N2CCCn2ccnc2)c1. The van der Waals surface area contributed by atoms with Gasteiger partial charge in [0.25, 0.3) is 5.91 Å². The Morgan fingerprint density at radius 3 is 2.76 bits per heavy atom. The molecule has 3 heterocycles. The fourth-order valence-electron chi connectivity index (χ4n) is 4.34. The molecule has 4 aromatic rings. The Balaban J connectivity index is 1.51. The average molecular weight is 457 g/mol. The van der Waals surface area contributed by atoms with Gasteiger partial charge in [-0.05, 0) is 36.2 Å². The van der Waals surface area contributed by atoms with E-state index >= 15 is 0 Å². The predicted molar refractivity (Wildman–Crippen MR) is 124 cm³/mol. The van der Waals surface area contributed by atoms with Gasteiger partial charge in [0.15, 0.2) is 11.5 Å². The Bertz CT molecular complexity index is 1350. The van der Waals surface area contributed by atoms with Gasteiger partial charge in [-0.1, -0.05) is 30.3 Å². The fraction of sp³-hybridized carbons (Fsp3) is 0.192. The van der Waals surface area contributed by atoms with E-state index in [1.807, 2.05) is 35.0 Å². The highest BCUT2D eigenvalue weighted by Gasteiger charge is 2.44. The number of methoxy groups -OCH3 is 1. The van der Waals surface area contributed by atoms with Gasteiger partial charge in [-0.3, -0.25) is 9.59 Å². The van der Waals surface area contributed by atoms with Crippen LogP contribution in [0.25, 0.3) is 11.0 Å². The number of amides is 1. The largest absolute Gasteiger partial charge is 0.503 e.